The van der Waals surface area contributed by atoms with Crippen LogP contribution < -0.4 is 5.32 Å². The van der Waals surface area contributed by atoms with E-state index in [9.17, 15) is 0 Å². The molecule has 0 atom stereocenters. The van der Waals surface area contributed by atoms with E-state index in [0.717, 1.165) is 47.4 Å². The molecule has 0 amide bonds. The number of thioether (sulfide) groups is 1. The molecule has 1 aromatic heterocycles. The van der Waals surface area contributed by atoms with Crippen LogP contribution in [0.4, 0.5) is 5.82 Å². The second-order valence-corrected chi connectivity index (χ2v) is 6.11. The summed E-state index contributed by atoms with van der Waals surface area (Å²) in [6, 6.07) is 7.73. The van der Waals surface area contributed by atoms with Crippen LogP contribution in [0.15, 0.2) is 24.3 Å². The van der Waals surface area contributed by atoms with Gasteiger partial charge in [-0.05, 0) is 18.6 Å². The van der Waals surface area contributed by atoms with Gasteiger partial charge in [-0.15, -0.1) is 0 Å². The van der Waals surface area contributed by atoms with Crippen LogP contribution in [0.25, 0.3) is 11.4 Å². The molecular weight excluding hydrogens is 290 g/mol. The van der Waals surface area contributed by atoms with Gasteiger partial charge in [-0.25, -0.2) is 9.97 Å². The standard InChI is InChI=1S/C15H16ClN3S/c1-2-7-17-14-11-8-20-9-13(11)18-15(19-14)10-5-3-4-6-12(10)16/h3-6H,2,7-9H2,1H3,(H,17,18,19). The fourth-order valence-electron chi connectivity index (χ4n) is 2.20. The highest BCUT2D eigenvalue weighted by molar-refractivity contribution is 7.98. The fraction of sp³-hybridized carbons (Fsp3) is 0.333. The van der Waals surface area contributed by atoms with Gasteiger partial charge in [0.05, 0.1) is 10.7 Å². The molecule has 0 saturated carbocycles. The SMILES string of the molecule is CCCNc1nc(-c2ccccc2Cl)nc2c1CSC2. The van der Waals surface area contributed by atoms with Gasteiger partial charge in [-0.1, -0.05) is 30.7 Å². The molecule has 104 valence electrons. The average Bonchev–Trinajstić information content (AvgIpc) is 2.93. The molecule has 0 saturated heterocycles. The van der Waals surface area contributed by atoms with Crippen LogP contribution in [0.5, 0.6) is 0 Å². The van der Waals surface area contributed by atoms with Crippen molar-refractivity contribution in [2.45, 2.75) is 24.9 Å². The molecule has 0 fully saturated rings. The summed E-state index contributed by atoms with van der Waals surface area (Å²) in [7, 11) is 0. The lowest BCUT2D eigenvalue weighted by atomic mass is 10.2. The van der Waals surface area contributed by atoms with Crippen molar-refractivity contribution in [3.63, 3.8) is 0 Å². The zero-order valence-electron chi connectivity index (χ0n) is 11.3. The first-order valence-corrected chi connectivity index (χ1v) is 8.29. The van der Waals surface area contributed by atoms with Crippen LogP contribution in [0.2, 0.25) is 5.02 Å². The van der Waals surface area contributed by atoms with Crippen LogP contribution >= 0.6 is 23.4 Å². The van der Waals surface area contributed by atoms with Crippen molar-refractivity contribution in [1.29, 1.82) is 0 Å². The van der Waals surface area contributed by atoms with Crippen molar-refractivity contribution in [3.05, 3.63) is 40.5 Å². The molecule has 1 aliphatic rings. The molecule has 2 heterocycles. The van der Waals surface area contributed by atoms with E-state index < -0.39 is 0 Å². The molecule has 0 spiro atoms. The summed E-state index contributed by atoms with van der Waals surface area (Å²) in [5, 5.41) is 4.11. The number of benzene rings is 1. The Morgan fingerprint density at radius 1 is 1.25 bits per heavy atom. The smallest absolute Gasteiger partial charge is 0.163 e. The maximum Gasteiger partial charge on any atom is 0.163 e. The first-order chi connectivity index (χ1) is 9.79. The number of rotatable bonds is 4. The number of anilines is 1. The second-order valence-electron chi connectivity index (χ2n) is 4.72. The molecule has 0 aliphatic carbocycles. The topological polar surface area (TPSA) is 37.8 Å². The highest BCUT2D eigenvalue weighted by Gasteiger charge is 2.20. The summed E-state index contributed by atoms with van der Waals surface area (Å²) in [6.07, 6.45) is 1.08. The zero-order valence-corrected chi connectivity index (χ0v) is 12.9. The highest BCUT2D eigenvalue weighted by Crippen LogP contribution is 2.35. The lowest BCUT2D eigenvalue weighted by molar-refractivity contribution is 0.955. The Kier molecular flexibility index (Phi) is 4.13. The van der Waals surface area contributed by atoms with Gasteiger partial charge in [0.2, 0.25) is 0 Å². The van der Waals surface area contributed by atoms with Crippen LogP contribution in [0.1, 0.15) is 24.6 Å². The van der Waals surface area contributed by atoms with Gasteiger partial charge in [0, 0.05) is 29.2 Å². The summed E-state index contributed by atoms with van der Waals surface area (Å²) in [4.78, 5) is 9.39. The number of aromatic nitrogens is 2. The first kappa shape index (κ1) is 13.7. The van der Waals surface area contributed by atoms with Gasteiger partial charge in [0.15, 0.2) is 5.82 Å². The van der Waals surface area contributed by atoms with Crippen LogP contribution in [-0.4, -0.2) is 16.5 Å². The summed E-state index contributed by atoms with van der Waals surface area (Å²) in [5.41, 5.74) is 3.28. The van der Waals surface area contributed by atoms with E-state index in [-0.39, 0.29) is 0 Å². The van der Waals surface area contributed by atoms with Gasteiger partial charge in [-0.2, -0.15) is 11.8 Å². The Labute approximate surface area is 128 Å². The van der Waals surface area contributed by atoms with E-state index in [0.29, 0.717) is 5.02 Å². The minimum atomic E-state index is 0.694. The molecule has 1 aromatic carbocycles. The molecule has 1 aliphatic heterocycles. The van der Waals surface area contributed by atoms with E-state index >= 15 is 0 Å². The van der Waals surface area contributed by atoms with E-state index in [1.807, 2.05) is 36.0 Å². The van der Waals surface area contributed by atoms with Crippen molar-refractivity contribution >= 4 is 29.2 Å². The van der Waals surface area contributed by atoms with Gasteiger partial charge in [0.25, 0.3) is 0 Å². The maximum atomic E-state index is 6.26. The van der Waals surface area contributed by atoms with E-state index in [4.69, 9.17) is 21.6 Å². The van der Waals surface area contributed by atoms with Crippen LogP contribution in [0.3, 0.4) is 0 Å². The molecule has 0 unspecified atom stereocenters. The third-order valence-corrected chi connectivity index (χ3v) is 4.54. The van der Waals surface area contributed by atoms with Gasteiger partial charge >= 0.3 is 0 Å². The van der Waals surface area contributed by atoms with Gasteiger partial charge in [0.1, 0.15) is 5.82 Å². The van der Waals surface area contributed by atoms with Crippen LogP contribution in [0, 0.1) is 0 Å². The number of hydrogen-bond acceptors (Lipinski definition) is 4. The Morgan fingerprint density at radius 2 is 2.10 bits per heavy atom. The molecule has 0 bridgehead atoms. The van der Waals surface area contributed by atoms with Crippen molar-refractivity contribution in [3.8, 4) is 11.4 Å². The maximum absolute atomic E-state index is 6.26. The Balaban J connectivity index is 2.06. The minimum Gasteiger partial charge on any atom is -0.370 e. The third kappa shape index (κ3) is 2.63. The van der Waals surface area contributed by atoms with Crippen molar-refractivity contribution in [2.24, 2.45) is 0 Å². The third-order valence-electron chi connectivity index (χ3n) is 3.24. The monoisotopic (exact) mass is 305 g/mol. The lowest BCUT2D eigenvalue weighted by Gasteiger charge is -2.11. The molecule has 3 rings (SSSR count). The molecular formula is C15H16ClN3S. The first-order valence-electron chi connectivity index (χ1n) is 6.76. The average molecular weight is 306 g/mol. The largest absolute Gasteiger partial charge is 0.370 e. The van der Waals surface area contributed by atoms with Crippen molar-refractivity contribution in [1.82, 2.24) is 9.97 Å². The van der Waals surface area contributed by atoms with E-state index in [1.165, 1.54) is 5.56 Å². The highest BCUT2D eigenvalue weighted by atomic mass is 35.5. The van der Waals surface area contributed by atoms with E-state index in [2.05, 4.69) is 12.2 Å². The second kappa shape index (κ2) is 6.02. The van der Waals surface area contributed by atoms with Crippen molar-refractivity contribution in [2.75, 3.05) is 11.9 Å². The van der Waals surface area contributed by atoms with E-state index in [1.54, 1.807) is 0 Å². The fourth-order valence-corrected chi connectivity index (χ4v) is 3.47. The Hall–Kier alpha value is -1.26. The lowest BCUT2D eigenvalue weighted by Crippen LogP contribution is -2.08. The number of fused-ring (bicyclic) bond motifs is 1. The number of nitrogens with one attached hydrogen (secondary N) is 1. The quantitative estimate of drug-likeness (QED) is 0.910. The number of hydrogen-bond donors (Lipinski definition) is 1. The molecule has 20 heavy (non-hydrogen) atoms. The Morgan fingerprint density at radius 3 is 2.90 bits per heavy atom. The number of nitrogens with zero attached hydrogens (tertiary/aromatic N) is 2. The predicted octanol–water partition coefficient (Wildman–Crippen LogP) is 4.37. The summed E-state index contributed by atoms with van der Waals surface area (Å²) < 4.78 is 0. The Bertz CT molecular complexity index is 631. The molecule has 5 heteroatoms. The zero-order chi connectivity index (χ0) is 13.9. The van der Waals surface area contributed by atoms with Crippen molar-refractivity contribution < 1.29 is 0 Å². The van der Waals surface area contributed by atoms with Gasteiger partial charge < -0.3 is 5.32 Å². The molecule has 3 nitrogen and oxygen atoms in total. The molecule has 2 aromatic rings. The van der Waals surface area contributed by atoms with Gasteiger partial charge in [-0.3, -0.25) is 0 Å². The minimum absolute atomic E-state index is 0.694. The predicted molar refractivity (Wildman–Crippen MR) is 86.3 cm³/mol. The summed E-state index contributed by atoms with van der Waals surface area (Å²) >= 11 is 8.14. The normalized spacial score (nSPS) is 13.3. The van der Waals surface area contributed by atoms with Crippen LogP contribution in [-0.2, 0) is 11.5 Å². The molecule has 1 N–H and O–H groups in total. The molecule has 0 radical (unpaired) electrons. The number of halogens is 1. The summed E-state index contributed by atoms with van der Waals surface area (Å²) in [5.74, 6) is 3.63. The summed E-state index contributed by atoms with van der Waals surface area (Å²) in [6.45, 7) is 3.08.